The summed E-state index contributed by atoms with van der Waals surface area (Å²) < 4.78 is 6.58. The summed E-state index contributed by atoms with van der Waals surface area (Å²) >= 11 is 15.4. The summed E-state index contributed by atoms with van der Waals surface area (Å²) in [5.74, 6) is 0.135. The van der Waals surface area contributed by atoms with Crippen LogP contribution in [0, 0.1) is 6.92 Å². The normalized spacial score (nSPS) is 14.2. The SMILES string of the molecule is Cc1c(C(=O)Nc2cc(Cl)cc(Cl)c2)oc2c1/C(=N/NC(=O)c1ccccc1Br)CCC2. The molecule has 0 atom stereocenters. The van der Waals surface area contributed by atoms with Gasteiger partial charge in [-0.25, -0.2) is 5.43 Å². The molecule has 0 fully saturated rings. The Morgan fingerprint density at radius 3 is 2.50 bits per heavy atom. The lowest BCUT2D eigenvalue weighted by Gasteiger charge is -2.13. The van der Waals surface area contributed by atoms with Crippen LogP contribution in [0.3, 0.4) is 0 Å². The minimum absolute atomic E-state index is 0.192. The lowest BCUT2D eigenvalue weighted by Crippen LogP contribution is -2.22. The minimum atomic E-state index is -0.410. The molecule has 0 aliphatic heterocycles. The first-order valence-corrected chi connectivity index (χ1v) is 11.4. The molecule has 9 heteroatoms. The van der Waals surface area contributed by atoms with Crippen molar-refractivity contribution >= 4 is 62.3 Å². The van der Waals surface area contributed by atoms with E-state index < -0.39 is 5.91 Å². The number of halogens is 3. The standard InChI is InChI=1S/C23H18BrCl2N3O3/c1-12-20-18(28-29-22(30)16-5-2-3-6-17(16)24)7-4-8-19(20)32-21(12)23(31)27-15-10-13(25)9-14(26)11-15/h2-3,5-6,9-11H,4,7-8H2,1H3,(H,27,31)(H,29,30)/b28-18+. The van der Waals surface area contributed by atoms with Gasteiger partial charge in [0, 0.05) is 37.8 Å². The highest BCUT2D eigenvalue weighted by Crippen LogP contribution is 2.31. The number of hydrogen-bond acceptors (Lipinski definition) is 4. The van der Waals surface area contributed by atoms with Gasteiger partial charge in [0.05, 0.1) is 11.3 Å². The maximum atomic E-state index is 12.9. The third-order valence-corrected chi connectivity index (χ3v) is 6.19. The van der Waals surface area contributed by atoms with E-state index in [1.807, 2.05) is 6.07 Å². The Balaban J connectivity index is 1.58. The van der Waals surface area contributed by atoms with Crippen LogP contribution in [-0.4, -0.2) is 17.5 Å². The fourth-order valence-electron chi connectivity index (χ4n) is 3.63. The zero-order valence-corrected chi connectivity index (χ0v) is 20.1. The number of fused-ring (bicyclic) bond motifs is 1. The molecule has 0 radical (unpaired) electrons. The van der Waals surface area contributed by atoms with E-state index in [0.29, 0.717) is 55.6 Å². The summed E-state index contributed by atoms with van der Waals surface area (Å²) in [7, 11) is 0. The van der Waals surface area contributed by atoms with Crippen LogP contribution in [0.2, 0.25) is 10.0 Å². The fourth-order valence-corrected chi connectivity index (χ4v) is 4.63. The number of hydrogen-bond donors (Lipinski definition) is 2. The minimum Gasteiger partial charge on any atom is -0.455 e. The maximum absolute atomic E-state index is 12.9. The summed E-state index contributed by atoms with van der Waals surface area (Å²) in [6.07, 6.45) is 2.15. The van der Waals surface area contributed by atoms with Crippen molar-refractivity contribution < 1.29 is 14.0 Å². The van der Waals surface area contributed by atoms with Gasteiger partial charge in [0.2, 0.25) is 0 Å². The van der Waals surface area contributed by atoms with Gasteiger partial charge in [-0.1, -0.05) is 35.3 Å². The van der Waals surface area contributed by atoms with Crippen molar-refractivity contribution in [2.24, 2.45) is 5.10 Å². The van der Waals surface area contributed by atoms with Gasteiger partial charge >= 0.3 is 0 Å². The van der Waals surface area contributed by atoms with Gasteiger partial charge in [-0.15, -0.1) is 0 Å². The number of hydrazone groups is 1. The molecule has 2 amide bonds. The Labute approximate surface area is 203 Å². The Morgan fingerprint density at radius 1 is 1.06 bits per heavy atom. The van der Waals surface area contributed by atoms with Gasteiger partial charge in [-0.3, -0.25) is 9.59 Å². The van der Waals surface area contributed by atoms with Crippen molar-refractivity contribution in [2.45, 2.75) is 26.2 Å². The van der Waals surface area contributed by atoms with Gasteiger partial charge in [0.1, 0.15) is 5.76 Å². The molecule has 2 aromatic carbocycles. The number of nitrogens with zero attached hydrogens (tertiary/aromatic N) is 1. The Kier molecular flexibility index (Phi) is 6.69. The second-order valence-corrected chi connectivity index (χ2v) is 9.03. The highest BCUT2D eigenvalue weighted by atomic mass is 79.9. The number of furan rings is 1. The van der Waals surface area contributed by atoms with Crippen LogP contribution in [0.15, 0.2) is 56.5 Å². The van der Waals surface area contributed by atoms with E-state index in [1.165, 1.54) is 0 Å². The summed E-state index contributed by atoms with van der Waals surface area (Å²) in [6, 6.07) is 11.9. The average Bonchev–Trinajstić information content (AvgIpc) is 3.09. The number of carbonyl (C=O) groups is 2. The predicted octanol–water partition coefficient (Wildman–Crippen LogP) is 6.38. The predicted molar refractivity (Wildman–Crippen MR) is 129 cm³/mol. The molecule has 1 aliphatic rings. The lowest BCUT2D eigenvalue weighted by molar-refractivity contribution is 0.0952. The molecule has 0 bridgehead atoms. The third kappa shape index (κ3) is 4.75. The van der Waals surface area contributed by atoms with E-state index in [2.05, 4.69) is 31.8 Å². The van der Waals surface area contributed by atoms with E-state index in [4.69, 9.17) is 27.6 Å². The maximum Gasteiger partial charge on any atom is 0.291 e. The molecule has 3 aromatic rings. The summed E-state index contributed by atoms with van der Waals surface area (Å²) in [5.41, 5.74) is 5.67. The summed E-state index contributed by atoms with van der Waals surface area (Å²) in [4.78, 5) is 25.4. The van der Waals surface area contributed by atoms with E-state index in [-0.39, 0.29) is 11.7 Å². The van der Waals surface area contributed by atoms with Gasteiger partial charge < -0.3 is 9.73 Å². The molecule has 1 aliphatic carbocycles. The molecule has 0 saturated heterocycles. The van der Waals surface area contributed by atoms with Gasteiger partial charge in [-0.2, -0.15) is 5.10 Å². The first-order chi connectivity index (χ1) is 15.3. The average molecular weight is 535 g/mol. The molecule has 6 nitrogen and oxygen atoms in total. The van der Waals surface area contributed by atoms with Crippen molar-refractivity contribution in [3.63, 3.8) is 0 Å². The molecule has 32 heavy (non-hydrogen) atoms. The largest absolute Gasteiger partial charge is 0.455 e. The van der Waals surface area contributed by atoms with Crippen LogP contribution >= 0.6 is 39.1 Å². The first-order valence-electron chi connectivity index (χ1n) is 9.85. The van der Waals surface area contributed by atoms with E-state index in [0.717, 1.165) is 12.0 Å². The van der Waals surface area contributed by atoms with Gasteiger partial charge in [0.25, 0.3) is 11.8 Å². The van der Waals surface area contributed by atoms with Crippen LogP contribution in [0.1, 0.15) is 50.6 Å². The van der Waals surface area contributed by atoms with E-state index in [1.54, 1.807) is 43.3 Å². The monoisotopic (exact) mass is 533 g/mol. The fraction of sp³-hybridized carbons (Fsp3) is 0.174. The molecule has 1 aromatic heterocycles. The smallest absolute Gasteiger partial charge is 0.291 e. The molecular weight excluding hydrogens is 517 g/mol. The zero-order chi connectivity index (χ0) is 22.8. The zero-order valence-electron chi connectivity index (χ0n) is 17.0. The van der Waals surface area contributed by atoms with E-state index >= 15 is 0 Å². The Hall–Kier alpha value is -2.61. The number of benzene rings is 2. The molecule has 164 valence electrons. The first kappa shape index (κ1) is 22.6. The molecule has 0 unspecified atom stereocenters. The molecule has 1 heterocycles. The van der Waals surface area contributed by atoms with Gasteiger partial charge in [-0.05, 0) is 66.0 Å². The lowest BCUT2D eigenvalue weighted by atomic mass is 9.93. The van der Waals surface area contributed by atoms with Crippen LogP contribution < -0.4 is 10.7 Å². The number of anilines is 1. The molecule has 0 spiro atoms. The highest BCUT2D eigenvalue weighted by Gasteiger charge is 2.28. The second kappa shape index (κ2) is 9.48. The number of carbonyl (C=O) groups excluding carboxylic acids is 2. The van der Waals surface area contributed by atoms with Crippen molar-refractivity contribution in [1.82, 2.24) is 5.43 Å². The second-order valence-electron chi connectivity index (χ2n) is 7.30. The molecular formula is C23H18BrCl2N3O3. The van der Waals surface area contributed by atoms with Crippen molar-refractivity contribution in [3.05, 3.63) is 85.2 Å². The Morgan fingerprint density at radius 2 is 1.78 bits per heavy atom. The van der Waals surface area contributed by atoms with Crippen LogP contribution in [-0.2, 0) is 6.42 Å². The van der Waals surface area contributed by atoms with Crippen LogP contribution in [0.5, 0.6) is 0 Å². The quantitative estimate of drug-likeness (QED) is 0.381. The summed E-state index contributed by atoms with van der Waals surface area (Å²) in [6.45, 7) is 1.80. The molecule has 0 saturated carbocycles. The van der Waals surface area contributed by atoms with Gasteiger partial charge in [0.15, 0.2) is 5.76 Å². The van der Waals surface area contributed by atoms with Crippen molar-refractivity contribution in [3.8, 4) is 0 Å². The van der Waals surface area contributed by atoms with Crippen LogP contribution in [0.25, 0.3) is 0 Å². The number of amides is 2. The molecule has 2 N–H and O–H groups in total. The third-order valence-electron chi connectivity index (χ3n) is 5.06. The Bertz CT molecular complexity index is 1230. The topological polar surface area (TPSA) is 83.7 Å². The number of rotatable bonds is 4. The van der Waals surface area contributed by atoms with E-state index in [9.17, 15) is 9.59 Å². The molecule has 4 rings (SSSR count). The number of nitrogens with one attached hydrogen (secondary N) is 2. The van der Waals surface area contributed by atoms with Crippen LogP contribution in [0.4, 0.5) is 5.69 Å². The van der Waals surface area contributed by atoms with Crippen molar-refractivity contribution in [2.75, 3.05) is 5.32 Å². The van der Waals surface area contributed by atoms with Crippen molar-refractivity contribution in [1.29, 1.82) is 0 Å². The number of aryl methyl sites for hydroxylation is 1. The highest BCUT2D eigenvalue weighted by molar-refractivity contribution is 9.10. The summed E-state index contributed by atoms with van der Waals surface area (Å²) in [5, 5.41) is 7.95.